The average molecular weight is 279 g/mol. The van der Waals surface area contributed by atoms with Crippen molar-refractivity contribution in [2.24, 2.45) is 5.73 Å². The summed E-state index contributed by atoms with van der Waals surface area (Å²) < 4.78 is 5.13. The Balaban J connectivity index is 2.38. The number of carbonyl (C=O) groups is 2. The summed E-state index contributed by atoms with van der Waals surface area (Å²) in [6.07, 6.45) is 1.80. The highest BCUT2D eigenvalue weighted by Gasteiger charge is 2.10. The van der Waals surface area contributed by atoms with Crippen LogP contribution < -0.4 is 15.8 Å². The number of ether oxygens (including phenoxy) is 1. The molecule has 0 aliphatic rings. The lowest BCUT2D eigenvalue weighted by Crippen LogP contribution is -2.40. The van der Waals surface area contributed by atoms with E-state index in [-0.39, 0.29) is 0 Å². The van der Waals surface area contributed by atoms with Crippen molar-refractivity contribution in [3.05, 3.63) is 29.8 Å². The van der Waals surface area contributed by atoms with Crippen LogP contribution in [-0.4, -0.2) is 44.1 Å². The first-order valence-corrected chi connectivity index (χ1v) is 6.54. The Morgan fingerprint density at radius 2 is 2.30 bits per heavy atom. The van der Waals surface area contributed by atoms with Gasteiger partial charge in [0.25, 0.3) is 0 Å². The maximum Gasteiger partial charge on any atom is 0.323 e. The number of methoxy groups -OCH3 is 1. The van der Waals surface area contributed by atoms with E-state index in [1.54, 1.807) is 7.11 Å². The van der Waals surface area contributed by atoms with Crippen molar-refractivity contribution in [3.8, 4) is 5.75 Å². The summed E-state index contributed by atoms with van der Waals surface area (Å²) in [6.45, 7) is 1.24. The van der Waals surface area contributed by atoms with E-state index in [1.807, 2.05) is 24.3 Å². The summed E-state index contributed by atoms with van der Waals surface area (Å²) in [5.74, 6) is 0.784. The van der Waals surface area contributed by atoms with Crippen LogP contribution in [0.1, 0.15) is 12.0 Å². The summed E-state index contributed by atoms with van der Waals surface area (Å²) in [5, 5.41) is 2.70. The fourth-order valence-corrected chi connectivity index (χ4v) is 1.71. The van der Waals surface area contributed by atoms with Crippen molar-refractivity contribution in [1.29, 1.82) is 0 Å². The monoisotopic (exact) mass is 279 g/mol. The zero-order chi connectivity index (χ0) is 14.8. The minimum Gasteiger partial charge on any atom is -0.497 e. The third-order valence-corrected chi connectivity index (χ3v) is 2.82. The van der Waals surface area contributed by atoms with Gasteiger partial charge in [0.15, 0.2) is 0 Å². The quantitative estimate of drug-likeness (QED) is 0.688. The van der Waals surface area contributed by atoms with Gasteiger partial charge in [-0.3, -0.25) is 9.69 Å². The van der Waals surface area contributed by atoms with E-state index < -0.39 is 6.03 Å². The summed E-state index contributed by atoms with van der Waals surface area (Å²) in [4.78, 5) is 23.6. The van der Waals surface area contributed by atoms with Crippen LogP contribution in [0, 0.1) is 0 Å². The van der Waals surface area contributed by atoms with Crippen LogP contribution in [0.15, 0.2) is 24.3 Å². The van der Waals surface area contributed by atoms with Crippen LogP contribution in [0.2, 0.25) is 0 Å². The molecular weight excluding hydrogens is 258 g/mol. The Labute approximate surface area is 118 Å². The van der Waals surface area contributed by atoms with Gasteiger partial charge in [-0.05, 0) is 37.1 Å². The summed E-state index contributed by atoms with van der Waals surface area (Å²) in [5.41, 5.74) is 6.41. The number of amides is 3. The molecule has 0 spiro atoms. The van der Waals surface area contributed by atoms with Crippen molar-refractivity contribution in [3.63, 3.8) is 0 Å². The standard InChI is InChI=1S/C14H21N3O3/c1-20-13-5-2-4-12(10-13)6-8-16-14(19)17(11-18)9-3-7-15/h2,4-5,10-11H,3,6-9,15H2,1H3,(H,16,19). The molecule has 3 amide bonds. The van der Waals surface area contributed by atoms with Crippen LogP contribution in [-0.2, 0) is 11.2 Å². The van der Waals surface area contributed by atoms with Gasteiger partial charge in [-0.1, -0.05) is 12.1 Å². The minimum atomic E-state index is -0.392. The fraction of sp³-hybridized carbons (Fsp3) is 0.429. The zero-order valence-electron chi connectivity index (χ0n) is 11.7. The molecular formula is C14H21N3O3. The van der Waals surface area contributed by atoms with Crippen LogP contribution in [0.3, 0.4) is 0 Å². The van der Waals surface area contributed by atoms with E-state index in [2.05, 4.69) is 5.32 Å². The first-order valence-electron chi connectivity index (χ1n) is 6.54. The maximum atomic E-state index is 11.7. The summed E-state index contributed by atoms with van der Waals surface area (Å²) >= 11 is 0. The van der Waals surface area contributed by atoms with Crippen molar-refractivity contribution in [2.45, 2.75) is 12.8 Å². The molecule has 0 bridgehead atoms. The largest absolute Gasteiger partial charge is 0.497 e. The molecule has 0 aromatic heterocycles. The molecule has 1 aromatic rings. The normalized spacial score (nSPS) is 9.90. The molecule has 1 rings (SSSR count). The van der Waals surface area contributed by atoms with Crippen LogP contribution in [0.5, 0.6) is 5.75 Å². The van der Waals surface area contributed by atoms with Gasteiger partial charge in [0.2, 0.25) is 6.41 Å². The number of hydrogen-bond acceptors (Lipinski definition) is 4. The minimum absolute atomic E-state index is 0.338. The molecule has 0 aliphatic carbocycles. The molecule has 20 heavy (non-hydrogen) atoms. The van der Waals surface area contributed by atoms with Gasteiger partial charge in [0, 0.05) is 13.1 Å². The Hall–Kier alpha value is -2.08. The SMILES string of the molecule is COc1cccc(CCNC(=O)N(C=O)CCCN)c1. The first kappa shape index (κ1) is 16.0. The third kappa shape index (κ3) is 5.27. The molecule has 110 valence electrons. The third-order valence-electron chi connectivity index (χ3n) is 2.82. The van der Waals surface area contributed by atoms with E-state index in [1.165, 1.54) is 0 Å². The maximum absolute atomic E-state index is 11.7. The van der Waals surface area contributed by atoms with E-state index in [4.69, 9.17) is 10.5 Å². The molecule has 0 radical (unpaired) electrons. The Bertz CT molecular complexity index is 437. The smallest absolute Gasteiger partial charge is 0.323 e. The van der Waals surface area contributed by atoms with Crippen molar-refractivity contribution in [2.75, 3.05) is 26.7 Å². The lowest BCUT2D eigenvalue weighted by molar-refractivity contribution is -0.115. The highest BCUT2D eigenvalue weighted by atomic mass is 16.5. The molecule has 0 heterocycles. The van der Waals surface area contributed by atoms with E-state index >= 15 is 0 Å². The van der Waals surface area contributed by atoms with Gasteiger partial charge in [-0.2, -0.15) is 0 Å². The highest BCUT2D eigenvalue weighted by Crippen LogP contribution is 2.12. The second-order valence-electron chi connectivity index (χ2n) is 4.27. The Morgan fingerprint density at radius 1 is 1.50 bits per heavy atom. The van der Waals surface area contributed by atoms with Gasteiger partial charge in [0.1, 0.15) is 5.75 Å². The molecule has 0 atom stereocenters. The average Bonchev–Trinajstić information content (AvgIpc) is 2.48. The molecule has 1 aromatic carbocycles. The number of benzene rings is 1. The van der Waals surface area contributed by atoms with E-state index in [0.29, 0.717) is 38.9 Å². The number of nitrogens with two attached hydrogens (primary N) is 1. The lowest BCUT2D eigenvalue weighted by Gasteiger charge is -2.15. The van der Waals surface area contributed by atoms with E-state index in [0.717, 1.165) is 16.2 Å². The highest BCUT2D eigenvalue weighted by molar-refractivity contribution is 5.84. The summed E-state index contributed by atoms with van der Waals surface area (Å²) in [7, 11) is 1.61. The second kappa shape index (κ2) is 8.92. The number of rotatable bonds is 8. The molecule has 0 aliphatic heterocycles. The summed E-state index contributed by atoms with van der Waals surface area (Å²) in [6, 6.07) is 7.24. The number of imide groups is 1. The lowest BCUT2D eigenvalue weighted by atomic mass is 10.1. The Kier molecular flexibility index (Phi) is 7.13. The number of carbonyl (C=O) groups excluding carboxylic acids is 2. The topological polar surface area (TPSA) is 84.7 Å². The van der Waals surface area contributed by atoms with Gasteiger partial charge >= 0.3 is 6.03 Å². The second-order valence-corrected chi connectivity index (χ2v) is 4.27. The number of urea groups is 1. The van der Waals surface area contributed by atoms with Crippen molar-refractivity contribution in [1.82, 2.24) is 10.2 Å². The predicted molar refractivity (Wildman–Crippen MR) is 76.5 cm³/mol. The number of hydrogen-bond donors (Lipinski definition) is 2. The number of nitrogens with zero attached hydrogens (tertiary/aromatic N) is 1. The van der Waals surface area contributed by atoms with Crippen LogP contribution >= 0.6 is 0 Å². The predicted octanol–water partition coefficient (Wildman–Crippen LogP) is 0.754. The van der Waals surface area contributed by atoms with E-state index in [9.17, 15) is 9.59 Å². The molecule has 3 N–H and O–H groups in total. The number of nitrogens with one attached hydrogen (secondary N) is 1. The molecule has 0 unspecified atom stereocenters. The molecule has 0 fully saturated rings. The van der Waals surface area contributed by atoms with Gasteiger partial charge in [-0.15, -0.1) is 0 Å². The van der Waals surface area contributed by atoms with Crippen LogP contribution in [0.25, 0.3) is 0 Å². The van der Waals surface area contributed by atoms with Gasteiger partial charge in [-0.25, -0.2) is 4.79 Å². The fourth-order valence-electron chi connectivity index (χ4n) is 1.71. The molecule has 0 saturated heterocycles. The zero-order valence-corrected chi connectivity index (χ0v) is 11.7. The van der Waals surface area contributed by atoms with Crippen molar-refractivity contribution >= 4 is 12.4 Å². The molecule has 6 nitrogen and oxygen atoms in total. The Morgan fingerprint density at radius 3 is 2.95 bits per heavy atom. The first-order chi connectivity index (χ1) is 9.71. The van der Waals surface area contributed by atoms with Crippen LogP contribution in [0.4, 0.5) is 4.79 Å². The molecule has 0 saturated carbocycles. The van der Waals surface area contributed by atoms with Gasteiger partial charge in [0.05, 0.1) is 7.11 Å². The molecule has 6 heteroatoms. The van der Waals surface area contributed by atoms with Gasteiger partial charge < -0.3 is 15.8 Å². The van der Waals surface area contributed by atoms with Crippen molar-refractivity contribution < 1.29 is 14.3 Å².